The van der Waals surface area contributed by atoms with Gasteiger partial charge in [-0.05, 0) is 43.5 Å². The highest BCUT2D eigenvalue weighted by Gasteiger charge is 2.42. The molecule has 0 radical (unpaired) electrons. The van der Waals surface area contributed by atoms with E-state index in [-0.39, 0.29) is 29.6 Å². The van der Waals surface area contributed by atoms with Crippen molar-refractivity contribution in [2.75, 3.05) is 7.11 Å². The van der Waals surface area contributed by atoms with Crippen molar-refractivity contribution in [1.29, 1.82) is 0 Å². The topological polar surface area (TPSA) is 105 Å². The van der Waals surface area contributed by atoms with Gasteiger partial charge < -0.3 is 20.9 Å². The van der Waals surface area contributed by atoms with E-state index in [1.165, 1.54) is 4.90 Å². The number of phenols is 1. The molecule has 32 heavy (non-hydrogen) atoms. The van der Waals surface area contributed by atoms with Gasteiger partial charge in [-0.2, -0.15) is 0 Å². The number of nitrogens with two attached hydrogens (primary N) is 1. The number of ether oxygens (including phenoxy) is 1. The Morgan fingerprint density at radius 2 is 1.91 bits per heavy atom. The van der Waals surface area contributed by atoms with Crippen LogP contribution in [0.2, 0.25) is 0 Å². The van der Waals surface area contributed by atoms with Crippen LogP contribution < -0.4 is 15.8 Å². The Kier molecular flexibility index (Phi) is 6.01. The zero-order valence-electron chi connectivity index (χ0n) is 18.2. The van der Waals surface area contributed by atoms with Crippen molar-refractivity contribution in [3.63, 3.8) is 0 Å². The highest BCUT2D eigenvalue weighted by atomic mass is 16.5. The summed E-state index contributed by atoms with van der Waals surface area (Å²) in [4.78, 5) is 27.2. The first-order valence-electron chi connectivity index (χ1n) is 10.6. The maximum atomic E-state index is 12.9. The Bertz CT molecular complexity index is 1090. The number of benzene rings is 2. The standard InChI is InChI=1S/C25H27N3O4/c1-15(27-14-16-8-9-17(29)13-23(16)32-2)7-10-20-21(26)11-12-22(20)28-24(30)18-5-3-4-6-19(18)25(28)31/h3-10,13,15,22,27,29H,11-12,14,26H2,1-2H3/b10-7-/t15?,22-/m1/s1. The molecule has 1 heterocycles. The van der Waals surface area contributed by atoms with Gasteiger partial charge in [-0.25, -0.2) is 0 Å². The molecule has 1 unspecified atom stereocenters. The largest absolute Gasteiger partial charge is 0.508 e. The highest BCUT2D eigenvalue weighted by molar-refractivity contribution is 6.21. The Hall–Kier alpha value is -3.58. The molecule has 0 spiro atoms. The maximum absolute atomic E-state index is 12.9. The van der Waals surface area contributed by atoms with Gasteiger partial charge in [-0.1, -0.05) is 30.4 Å². The van der Waals surface area contributed by atoms with E-state index >= 15 is 0 Å². The Morgan fingerprint density at radius 1 is 1.22 bits per heavy atom. The smallest absolute Gasteiger partial charge is 0.262 e. The summed E-state index contributed by atoms with van der Waals surface area (Å²) >= 11 is 0. The lowest BCUT2D eigenvalue weighted by molar-refractivity contribution is 0.0609. The molecule has 2 aliphatic rings. The number of phenolic OH excluding ortho intramolecular Hbond substituents is 1. The Labute approximate surface area is 187 Å². The fraction of sp³-hybridized carbons (Fsp3) is 0.280. The Morgan fingerprint density at radius 3 is 2.56 bits per heavy atom. The maximum Gasteiger partial charge on any atom is 0.262 e. The molecule has 1 aliphatic heterocycles. The molecule has 2 aromatic rings. The number of carbonyl (C=O) groups is 2. The summed E-state index contributed by atoms with van der Waals surface area (Å²) in [6.07, 6.45) is 5.17. The average molecular weight is 434 g/mol. The minimum Gasteiger partial charge on any atom is -0.508 e. The van der Waals surface area contributed by atoms with Crippen molar-refractivity contribution in [3.05, 3.63) is 82.6 Å². The van der Waals surface area contributed by atoms with Crippen LogP contribution in [0.3, 0.4) is 0 Å². The number of fused-ring (bicyclic) bond motifs is 1. The first-order chi connectivity index (χ1) is 15.4. The minimum atomic E-state index is -0.358. The number of amides is 2. The minimum absolute atomic E-state index is 0.00256. The first-order valence-corrected chi connectivity index (χ1v) is 10.6. The van der Waals surface area contributed by atoms with Crippen LogP contribution in [-0.4, -0.2) is 41.0 Å². The fourth-order valence-electron chi connectivity index (χ4n) is 4.25. The van der Waals surface area contributed by atoms with E-state index in [0.717, 1.165) is 11.1 Å². The van der Waals surface area contributed by atoms with Crippen LogP contribution in [-0.2, 0) is 6.54 Å². The van der Waals surface area contributed by atoms with Gasteiger partial charge in [0.1, 0.15) is 11.5 Å². The number of imide groups is 1. The zero-order valence-corrected chi connectivity index (χ0v) is 18.2. The molecule has 7 heteroatoms. The van der Waals surface area contributed by atoms with Crippen LogP contribution in [0.1, 0.15) is 46.0 Å². The second-order valence-corrected chi connectivity index (χ2v) is 8.09. The Balaban J connectivity index is 1.46. The van der Waals surface area contributed by atoms with Crippen molar-refractivity contribution in [2.24, 2.45) is 5.73 Å². The van der Waals surface area contributed by atoms with Gasteiger partial charge in [0, 0.05) is 29.9 Å². The number of rotatable bonds is 7. The SMILES string of the molecule is COc1cc(O)ccc1CNC(C)/C=C\C1=C(N)CC[C@H]1N1C(=O)c2ccccc2C1=O. The van der Waals surface area contributed by atoms with Crippen LogP contribution in [0.4, 0.5) is 0 Å². The molecule has 0 saturated carbocycles. The molecule has 4 rings (SSSR count). The van der Waals surface area contributed by atoms with E-state index in [4.69, 9.17) is 10.5 Å². The summed E-state index contributed by atoms with van der Waals surface area (Å²) in [5, 5.41) is 13.0. The van der Waals surface area contributed by atoms with Crippen LogP contribution in [0.15, 0.2) is 65.9 Å². The molecule has 0 aromatic heterocycles. The van der Waals surface area contributed by atoms with E-state index in [9.17, 15) is 14.7 Å². The summed E-state index contributed by atoms with van der Waals surface area (Å²) in [5.74, 6) is 0.243. The molecule has 7 nitrogen and oxygen atoms in total. The summed E-state index contributed by atoms with van der Waals surface area (Å²) < 4.78 is 5.32. The van der Waals surface area contributed by atoms with Gasteiger partial charge in [0.2, 0.25) is 0 Å². The van der Waals surface area contributed by atoms with E-state index in [1.54, 1.807) is 43.5 Å². The third-order valence-electron chi connectivity index (χ3n) is 6.00. The third kappa shape index (κ3) is 3.99. The van der Waals surface area contributed by atoms with Crippen molar-refractivity contribution in [3.8, 4) is 11.5 Å². The molecular formula is C25H27N3O4. The lowest BCUT2D eigenvalue weighted by Crippen LogP contribution is -2.39. The van der Waals surface area contributed by atoms with Crippen molar-refractivity contribution < 1.29 is 19.4 Å². The van der Waals surface area contributed by atoms with Crippen molar-refractivity contribution >= 4 is 11.8 Å². The number of methoxy groups -OCH3 is 1. The molecular weight excluding hydrogens is 406 g/mol. The zero-order chi connectivity index (χ0) is 22.8. The van der Waals surface area contributed by atoms with Gasteiger partial charge in [-0.3, -0.25) is 14.5 Å². The lowest BCUT2D eigenvalue weighted by atomic mass is 10.1. The lowest BCUT2D eigenvalue weighted by Gasteiger charge is -2.24. The van der Waals surface area contributed by atoms with Crippen LogP contribution in [0.25, 0.3) is 0 Å². The van der Waals surface area contributed by atoms with Crippen LogP contribution in [0.5, 0.6) is 11.5 Å². The van der Waals surface area contributed by atoms with Crippen LogP contribution >= 0.6 is 0 Å². The second-order valence-electron chi connectivity index (χ2n) is 8.09. The van der Waals surface area contributed by atoms with Crippen LogP contribution in [0, 0.1) is 0 Å². The summed E-state index contributed by atoms with van der Waals surface area (Å²) in [6, 6.07) is 11.6. The fourth-order valence-corrected chi connectivity index (χ4v) is 4.25. The molecule has 166 valence electrons. The van der Waals surface area contributed by atoms with Crippen molar-refractivity contribution in [2.45, 2.75) is 38.4 Å². The van der Waals surface area contributed by atoms with E-state index < -0.39 is 0 Å². The van der Waals surface area contributed by atoms with Gasteiger partial charge in [0.05, 0.1) is 24.3 Å². The van der Waals surface area contributed by atoms with Gasteiger partial charge in [0.15, 0.2) is 0 Å². The van der Waals surface area contributed by atoms with Gasteiger partial charge >= 0.3 is 0 Å². The number of hydrogen-bond acceptors (Lipinski definition) is 6. The molecule has 2 amide bonds. The van der Waals surface area contributed by atoms with E-state index in [2.05, 4.69) is 5.32 Å². The predicted octanol–water partition coefficient (Wildman–Crippen LogP) is 3.11. The molecule has 4 N–H and O–H groups in total. The second kappa shape index (κ2) is 8.88. The summed E-state index contributed by atoms with van der Waals surface area (Å²) in [5.41, 5.74) is 9.60. The number of nitrogens with zero attached hydrogens (tertiary/aromatic N) is 1. The van der Waals surface area contributed by atoms with Gasteiger partial charge in [-0.15, -0.1) is 0 Å². The monoisotopic (exact) mass is 433 g/mol. The average Bonchev–Trinajstić information content (AvgIpc) is 3.27. The van der Waals surface area contributed by atoms with E-state index in [0.29, 0.717) is 42.0 Å². The number of aromatic hydroxyl groups is 1. The van der Waals surface area contributed by atoms with E-state index in [1.807, 2.05) is 25.1 Å². The predicted molar refractivity (Wildman–Crippen MR) is 121 cm³/mol. The molecule has 0 bridgehead atoms. The quantitative estimate of drug-likeness (QED) is 0.580. The summed E-state index contributed by atoms with van der Waals surface area (Å²) in [6.45, 7) is 2.55. The third-order valence-corrected chi connectivity index (χ3v) is 6.00. The molecule has 2 atom stereocenters. The molecule has 2 aromatic carbocycles. The van der Waals surface area contributed by atoms with Crippen molar-refractivity contribution in [1.82, 2.24) is 10.2 Å². The molecule has 0 fully saturated rings. The number of carbonyl (C=O) groups excluding carboxylic acids is 2. The summed E-state index contributed by atoms with van der Waals surface area (Å²) in [7, 11) is 1.57. The number of hydrogen-bond donors (Lipinski definition) is 3. The highest BCUT2D eigenvalue weighted by Crippen LogP contribution is 2.34. The molecule has 1 aliphatic carbocycles. The normalized spacial score (nSPS) is 19.2. The van der Waals surface area contributed by atoms with Gasteiger partial charge in [0.25, 0.3) is 11.8 Å². The first kappa shape index (κ1) is 21.6. The number of nitrogens with one attached hydrogen (secondary N) is 1. The number of allylic oxidation sites excluding steroid dienone is 1. The molecule has 0 saturated heterocycles.